The molecule has 42 heavy (non-hydrogen) atoms. The predicted octanol–water partition coefficient (Wildman–Crippen LogP) is 3.85. The number of imidazole rings is 1. The maximum absolute atomic E-state index is 12.7. The van der Waals surface area contributed by atoms with Gasteiger partial charge in [-0.15, -0.1) is 0 Å². The first-order valence-corrected chi connectivity index (χ1v) is 15.2. The van der Waals surface area contributed by atoms with Crippen LogP contribution in [0.1, 0.15) is 41.9 Å². The molecular formula is C29H33F3N4O5S. The molecule has 0 amide bonds. The smallest absolute Gasteiger partial charge is 0.490 e. The van der Waals surface area contributed by atoms with E-state index in [9.17, 15) is 26.4 Å². The number of sulfonamides is 1. The van der Waals surface area contributed by atoms with E-state index in [1.54, 1.807) is 11.6 Å². The van der Waals surface area contributed by atoms with Crippen molar-refractivity contribution < 1.29 is 35.9 Å². The van der Waals surface area contributed by atoms with Crippen molar-refractivity contribution in [3.8, 4) is 5.75 Å². The zero-order valence-electron chi connectivity index (χ0n) is 23.0. The Morgan fingerprint density at radius 3 is 2.64 bits per heavy atom. The highest BCUT2D eigenvalue weighted by atomic mass is 32.2. The number of benzene rings is 2. The highest BCUT2D eigenvalue weighted by Gasteiger charge is 2.43. The van der Waals surface area contributed by atoms with Crippen LogP contribution >= 0.6 is 0 Å². The third-order valence-electron chi connectivity index (χ3n) is 7.77. The largest absolute Gasteiger partial charge is 0.492 e. The predicted molar refractivity (Wildman–Crippen MR) is 147 cm³/mol. The summed E-state index contributed by atoms with van der Waals surface area (Å²) in [5, 5.41) is 3.51. The molecule has 2 aliphatic rings. The van der Waals surface area contributed by atoms with E-state index in [1.165, 1.54) is 12.5 Å². The number of carbonyl (C=O) groups excluding carboxylic acids is 1. The van der Waals surface area contributed by atoms with E-state index in [0.29, 0.717) is 38.8 Å². The standard InChI is InChI=1S/C29H33F3N4O5S/c1-36-16-27(34-18-36)42(38,39)35-15-21-8-10-26-24(13-21)23(12-19-5-3-2-4-6-19)25(17-40-26)33-14-20-7-9-22(11-20)41-28(37)29(30,31)32/h2-6,8,10,13,16,18,20,22-23,25,33,35H,7,9,11-12,14-15,17H2,1H3. The SMILES string of the molecule is Cn1cnc(S(=O)(=O)NCc2ccc3c(c2)C(Cc2ccccc2)C(NCC2CCC(OC(=O)C(F)(F)F)C2)CO3)c1. The van der Waals surface area contributed by atoms with Crippen molar-refractivity contribution >= 4 is 16.0 Å². The van der Waals surface area contributed by atoms with E-state index in [4.69, 9.17) is 4.74 Å². The van der Waals surface area contributed by atoms with Gasteiger partial charge in [0, 0.05) is 31.7 Å². The molecule has 226 valence electrons. The van der Waals surface area contributed by atoms with Crippen LogP contribution in [0.5, 0.6) is 5.75 Å². The average Bonchev–Trinajstić information content (AvgIpc) is 3.60. The highest BCUT2D eigenvalue weighted by Crippen LogP contribution is 2.38. The molecule has 0 radical (unpaired) electrons. The lowest BCUT2D eigenvalue weighted by molar-refractivity contribution is -0.204. The second kappa shape index (κ2) is 12.4. The van der Waals surface area contributed by atoms with E-state index < -0.39 is 28.3 Å². The van der Waals surface area contributed by atoms with Gasteiger partial charge < -0.3 is 19.4 Å². The molecule has 13 heteroatoms. The number of rotatable bonds is 10. The number of nitrogens with one attached hydrogen (secondary N) is 2. The fraction of sp³-hybridized carbons (Fsp3) is 0.448. The molecule has 9 nitrogen and oxygen atoms in total. The molecule has 1 fully saturated rings. The third-order valence-corrected chi connectivity index (χ3v) is 9.05. The second-order valence-corrected chi connectivity index (χ2v) is 12.6. The van der Waals surface area contributed by atoms with Gasteiger partial charge in [0.15, 0.2) is 5.03 Å². The minimum Gasteiger partial charge on any atom is -0.492 e. The van der Waals surface area contributed by atoms with Crippen molar-refractivity contribution in [1.29, 1.82) is 0 Å². The van der Waals surface area contributed by atoms with Gasteiger partial charge in [0.2, 0.25) is 0 Å². The Morgan fingerprint density at radius 2 is 1.93 bits per heavy atom. The summed E-state index contributed by atoms with van der Waals surface area (Å²) in [5.74, 6) is -1.37. The zero-order valence-corrected chi connectivity index (χ0v) is 23.8. The van der Waals surface area contributed by atoms with Gasteiger partial charge in [-0.05, 0) is 60.9 Å². The average molecular weight is 607 g/mol. The van der Waals surface area contributed by atoms with Crippen LogP contribution in [-0.4, -0.2) is 55.4 Å². The Kier molecular flexibility index (Phi) is 8.90. The molecule has 0 saturated heterocycles. The summed E-state index contributed by atoms with van der Waals surface area (Å²) < 4.78 is 78.2. The minimum absolute atomic E-state index is 0.0104. The normalized spacial score (nSPS) is 22.4. The molecule has 3 aromatic rings. The van der Waals surface area contributed by atoms with Crippen LogP contribution in [0.4, 0.5) is 13.2 Å². The maximum Gasteiger partial charge on any atom is 0.490 e. The molecule has 2 heterocycles. The number of aromatic nitrogens is 2. The van der Waals surface area contributed by atoms with Crippen molar-refractivity contribution in [2.45, 2.75) is 61.5 Å². The number of aryl methyl sites for hydroxylation is 1. The number of hydrogen-bond donors (Lipinski definition) is 2. The number of nitrogens with zero attached hydrogens (tertiary/aromatic N) is 2. The summed E-state index contributed by atoms with van der Waals surface area (Å²) in [6.07, 6.45) is -0.774. The molecule has 0 spiro atoms. The lowest BCUT2D eigenvalue weighted by Crippen LogP contribution is -2.45. The van der Waals surface area contributed by atoms with Crippen LogP contribution in [0.15, 0.2) is 66.1 Å². The molecule has 4 unspecified atom stereocenters. The van der Waals surface area contributed by atoms with Crippen molar-refractivity contribution in [3.05, 3.63) is 77.7 Å². The van der Waals surface area contributed by atoms with Gasteiger partial charge >= 0.3 is 12.1 Å². The molecule has 1 aromatic heterocycles. The van der Waals surface area contributed by atoms with Crippen molar-refractivity contribution in [2.24, 2.45) is 13.0 Å². The second-order valence-electron chi connectivity index (χ2n) is 10.9. The number of carbonyl (C=O) groups is 1. The summed E-state index contributed by atoms with van der Waals surface area (Å²) in [7, 11) is -2.09. The lowest BCUT2D eigenvalue weighted by atomic mass is 9.83. The van der Waals surface area contributed by atoms with E-state index in [-0.39, 0.29) is 29.4 Å². The maximum atomic E-state index is 12.7. The first-order valence-electron chi connectivity index (χ1n) is 13.8. The number of fused-ring (bicyclic) bond motifs is 1. The highest BCUT2D eigenvalue weighted by molar-refractivity contribution is 7.89. The van der Waals surface area contributed by atoms with Gasteiger partial charge in [-0.2, -0.15) is 13.2 Å². The molecule has 1 saturated carbocycles. The van der Waals surface area contributed by atoms with Crippen molar-refractivity contribution in [3.63, 3.8) is 0 Å². The van der Waals surface area contributed by atoms with Gasteiger partial charge in [0.25, 0.3) is 10.0 Å². The molecular weight excluding hydrogens is 573 g/mol. The first kappa shape index (κ1) is 30.1. The lowest BCUT2D eigenvalue weighted by Gasteiger charge is -2.35. The van der Waals surface area contributed by atoms with Crippen LogP contribution in [0.25, 0.3) is 0 Å². The quantitative estimate of drug-likeness (QED) is 0.338. The molecule has 1 aliphatic heterocycles. The molecule has 2 N–H and O–H groups in total. The number of esters is 1. The number of hydrogen-bond acceptors (Lipinski definition) is 7. The van der Waals surface area contributed by atoms with E-state index in [1.807, 2.05) is 48.5 Å². The third kappa shape index (κ3) is 7.31. The minimum atomic E-state index is -5.00. The molecule has 2 aromatic carbocycles. The number of ether oxygens (including phenoxy) is 2. The zero-order chi connectivity index (χ0) is 29.9. The number of halogens is 3. The summed E-state index contributed by atoms with van der Waals surface area (Å²) >= 11 is 0. The fourth-order valence-electron chi connectivity index (χ4n) is 5.60. The monoisotopic (exact) mass is 606 g/mol. The van der Waals surface area contributed by atoms with E-state index in [0.717, 1.165) is 22.4 Å². The number of alkyl halides is 3. The Hall–Kier alpha value is -3.42. The van der Waals surface area contributed by atoms with Gasteiger partial charge in [-0.1, -0.05) is 42.5 Å². The fourth-order valence-corrected chi connectivity index (χ4v) is 6.60. The summed E-state index contributed by atoms with van der Waals surface area (Å²) in [6, 6.07) is 15.5. The van der Waals surface area contributed by atoms with Gasteiger partial charge in [0.05, 0.1) is 6.33 Å². The van der Waals surface area contributed by atoms with Crippen LogP contribution < -0.4 is 14.8 Å². The topological polar surface area (TPSA) is 112 Å². The van der Waals surface area contributed by atoms with Crippen molar-refractivity contribution in [2.75, 3.05) is 13.2 Å². The Morgan fingerprint density at radius 1 is 1.14 bits per heavy atom. The first-order chi connectivity index (χ1) is 20.0. The van der Waals surface area contributed by atoms with Crippen LogP contribution in [0.3, 0.4) is 0 Å². The van der Waals surface area contributed by atoms with E-state index in [2.05, 4.69) is 19.8 Å². The summed E-state index contributed by atoms with van der Waals surface area (Å²) in [6.45, 7) is 1.01. The van der Waals surface area contributed by atoms with Crippen molar-refractivity contribution in [1.82, 2.24) is 19.6 Å². The van der Waals surface area contributed by atoms with Crippen LogP contribution in [0, 0.1) is 5.92 Å². The molecule has 1 aliphatic carbocycles. The summed E-state index contributed by atoms with van der Waals surface area (Å²) in [5.41, 5.74) is 2.84. The molecule has 4 atom stereocenters. The van der Waals surface area contributed by atoms with Gasteiger partial charge in [0.1, 0.15) is 18.5 Å². The summed E-state index contributed by atoms with van der Waals surface area (Å²) in [4.78, 5) is 15.2. The van der Waals surface area contributed by atoms with Gasteiger partial charge in [-0.3, -0.25) is 0 Å². The van der Waals surface area contributed by atoms with Crippen LogP contribution in [0.2, 0.25) is 0 Å². The Balaban J connectivity index is 1.28. The molecule has 5 rings (SSSR count). The Labute approximate surface area is 242 Å². The van der Waals surface area contributed by atoms with Gasteiger partial charge in [-0.25, -0.2) is 22.9 Å². The van der Waals surface area contributed by atoms with E-state index >= 15 is 0 Å². The molecule has 0 bridgehead atoms. The van der Waals surface area contributed by atoms with Crippen LogP contribution in [-0.2, 0) is 39.6 Å². The Bertz CT molecular complexity index is 1500.